The Morgan fingerprint density at radius 2 is 2.12 bits per heavy atom. The van der Waals surface area contributed by atoms with Crippen LogP contribution in [-0.4, -0.2) is 54.3 Å². The van der Waals surface area contributed by atoms with Crippen LogP contribution in [0.4, 0.5) is 0 Å². The molecule has 1 heterocycles. The highest BCUT2D eigenvalue weighted by Gasteiger charge is 2.27. The number of nitrogens with zero attached hydrogens (tertiary/aromatic N) is 1. The average Bonchev–Trinajstić information content (AvgIpc) is 2.63. The van der Waals surface area contributed by atoms with Gasteiger partial charge in [0.2, 0.25) is 0 Å². The highest BCUT2D eigenvalue weighted by atomic mass is 32.2. The molecule has 0 saturated carbocycles. The summed E-state index contributed by atoms with van der Waals surface area (Å²) in [6.45, 7) is 2.08. The summed E-state index contributed by atoms with van der Waals surface area (Å²) in [4.78, 5) is 14.0. The summed E-state index contributed by atoms with van der Waals surface area (Å²) in [5, 5.41) is 12.2. The van der Waals surface area contributed by atoms with Crippen LogP contribution in [-0.2, 0) is 16.1 Å². The minimum Gasteiger partial charge on any atom is -0.508 e. The van der Waals surface area contributed by atoms with E-state index in [1.165, 1.54) is 7.11 Å². The van der Waals surface area contributed by atoms with Crippen molar-refractivity contribution in [3.63, 3.8) is 0 Å². The van der Waals surface area contributed by atoms with Gasteiger partial charge in [-0.3, -0.25) is 9.69 Å². The van der Waals surface area contributed by atoms with E-state index in [0.29, 0.717) is 13.1 Å². The lowest BCUT2D eigenvalue weighted by Crippen LogP contribution is -2.41. The van der Waals surface area contributed by atoms with Crippen LogP contribution < -0.4 is 4.74 Å². The third kappa shape index (κ3) is 3.44. The standard InChI is InChI=1S/C18H21NO4S/c1-22-13-5-3-12-4-6-16(20)15(14(12)9-13)10-19-7-8-24-17(11-19)18(21)23-2/h3-6,9,17,20H,7-8,10-11H2,1-2H3/t17-/m0/s1. The first-order valence-corrected chi connectivity index (χ1v) is 8.87. The van der Waals surface area contributed by atoms with E-state index in [1.54, 1.807) is 24.9 Å². The zero-order valence-electron chi connectivity index (χ0n) is 13.8. The van der Waals surface area contributed by atoms with Gasteiger partial charge in [0.05, 0.1) is 14.2 Å². The molecule has 2 aromatic carbocycles. The van der Waals surface area contributed by atoms with Crippen LogP contribution in [0.5, 0.6) is 11.5 Å². The Morgan fingerprint density at radius 1 is 1.33 bits per heavy atom. The predicted molar refractivity (Wildman–Crippen MR) is 95.7 cm³/mol. The fourth-order valence-electron chi connectivity index (χ4n) is 2.99. The summed E-state index contributed by atoms with van der Waals surface area (Å²) in [6.07, 6.45) is 0. The van der Waals surface area contributed by atoms with Crippen molar-refractivity contribution < 1.29 is 19.4 Å². The first kappa shape index (κ1) is 16.9. The van der Waals surface area contributed by atoms with E-state index in [0.717, 1.165) is 34.4 Å². The Bertz CT molecular complexity index is 749. The SMILES string of the molecule is COC(=O)[C@@H]1CN(Cc2c(O)ccc3ccc(OC)cc23)CCS1. The van der Waals surface area contributed by atoms with E-state index in [2.05, 4.69) is 4.90 Å². The summed E-state index contributed by atoms with van der Waals surface area (Å²) in [5.41, 5.74) is 0.863. The van der Waals surface area contributed by atoms with Gasteiger partial charge in [-0.2, -0.15) is 0 Å². The predicted octanol–water partition coefficient (Wildman–Crippen LogP) is 2.64. The van der Waals surface area contributed by atoms with Gasteiger partial charge in [-0.15, -0.1) is 11.8 Å². The first-order chi connectivity index (χ1) is 11.6. The number of ether oxygens (including phenoxy) is 2. The summed E-state index contributed by atoms with van der Waals surface area (Å²) in [6, 6.07) is 9.47. The normalized spacial score (nSPS) is 18.5. The van der Waals surface area contributed by atoms with Gasteiger partial charge in [-0.05, 0) is 29.0 Å². The van der Waals surface area contributed by atoms with E-state index in [-0.39, 0.29) is 17.0 Å². The molecule has 0 aliphatic carbocycles. The lowest BCUT2D eigenvalue weighted by atomic mass is 10.0. The molecule has 1 aliphatic heterocycles. The second kappa shape index (κ2) is 7.32. The quantitative estimate of drug-likeness (QED) is 0.858. The number of hydrogen-bond donors (Lipinski definition) is 1. The molecule has 1 aliphatic rings. The number of carbonyl (C=O) groups excluding carboxylic acids is 1. The maximum Gasteiger partial charge on any atom is 0.320 e. The molecule has 128 valence electrons. The van der Waals surface area contributed by atoms with Crippen LogP contribution >= 0.6 is 11.8 Å². The molecule has 0 radical (unpaired) electrons. The molecule has 0 spiro atoms. The van der Waals surface area contributed by atoms with Crippen molar-refractivity contribution in [2.45, 2.75) is 11.8 Å². The third-order valence-electron chi connectivity index (χ3n) is 4.31. The molecule has 1 saturated heterocycles. The Balaban J connectivity index is 1.88. The number of phenols is 1. The topological polar surface area (TPSA) is 59.0 Å². The van der Waals surface area contributed by atoms with Crippen LogP contribution in [0, 0.1) is 0 Å². The fraction of sp³-hybridized carbons (Fsp3) is 0.389. The molecule has 1 atom stereocenters. The summed E-state index contributed by atoms with van der Waals surface area (Å²) in [7, 11) is 3.05. The van der Waals surface area contributed by atoms with Gasteiger partial charge in [0.1, 0.15) is 16.7 Å². The fourth-order valence-corrected chi connectivity index (χ4v) is 4.18. The average molecular weight is 347 g/mol. The van der Waals surface area contributed by atoms with Gasteiger partial charge in [0.25, 0.3) is 0 Å². The third-order valence-corrected chi connectivity index (χ3v) is 5.47. The number of benzene rings is 2. The summed E-state index contributed by atoms with van der Waals surface area (Å²) in [5.74, 6) is 1.71. The van der Waals surface area contributed by atoms with E-state index in [9.17, 15) is 9.90 Å². The number of rotatable bonds is 4. The number of esters is 1. The smallest absolute Gasteiger partial charge is 0.320 e. The largest absolute Gasteiger partial charge is 0.508 e. The maximum atomic E-state index is 11.8. The van der Waals surface area contributed by atoms with Crippen molar-refractivity contribution >= 4 is 28.5 Å². The molecule has 0 bridgehead atoms. The highest BCUT2D eigenvalue weighted by Crippen LogP contribution is 2.32. The molecule has 5 nitrogen and oxygen atoms in total. The minimum absolute atomic E-state index is 0.171. The van der Waals surface area contributed by atoms with Crippen LogP contribution in [0.3, 0.4) is 0 Å². The molecular formula is C18H21NO4S. The van der Waals surface area contributed by atoms with Crippen molar-refractivity contribution in [2.24, 2.45) is 0 Å². The maximum absolute atomic E-state index is 11.8. The second-order valence-corrected chi connectivity index (χ2v) is 7.08. The lowest BCUT2D eigenvalue weighted by molar-refractivity contribution is -0.140. The molecule has 0 amide bonds. The first-order valence-electron chi connectivity index (χ1n) is 7.82. The van der Waals surface area contributed by atoms with Crippen LogP contribution in [0.2, 0.25) is 0 Å². The summed E-state index contributed by atoms with van der Waals surface area (Å²) >= 11 is 1.63. The molecule has 0 aromatic heterocycles. The monoisotopic (exact) mass is 347 g/mol. The molecule has 1 fully saturated rings. The van der Waals surface area contributed by atoms with Crippen molar-refractivity contribution in [1.82, 2.24) is 4.90 Å². The molecular weight excluding hydrogens is 326 g/mol. The Hall–Kier alpha value is -1.92. The highest BCUT2D eigenvalue weighted by molar-refractivity contribution is 8.00. The second-order valence-electron chi connectivity index (χ2n) is 5.77. The number of phenolic OH excluding ortho intramolecular Hbond substituents is 1. The summed E-state index contributed by atoms with van der Waals surface area (Å²) < 4.78 is 10.2. The van der Waals surface area contributed by atoms with Crippen molar-refractivity contribution in [1.29, 1.82) is 0 Å². The van der Waals surface area contributed by atoms with Crippen LogP contribution in [0.15, 0.2) is 30.3 Å². The molecule has 6 heteroatoms. The van der Waals surface area contributed by atoms with Gasteiger partial charge in [0.15, 0.2) is 0 Å². The molecule has 0 unspecified atom stereocenters. The zero-order chi connectivity index (χ0) is 17.1. The van der Waals surface area contributed by atoms with Gasteiger partial charge < -0.3 is 14.6 Å². The lowest BCUT2D eigenvalue weighted by Gasteiger charge is -2.31. The number of carbonyl (C=O) groups is 1. The Kier molecular flexibility index (Phi) is 5.16. The van der Waals surface area contributed by atoms with E-state index in [1.807, 2.05) is 24.3 Å². The van der Waals surface area contributed by atoms with E-state index >= 15 is 0 Å². The van der Waals surface area contributed by atoms with Crippen molar-refractivity contribution in [3.8, 4) is 11.5 Å². The van der Waals surface area contributed by atoms with Gasteiger partial charge in [-0.25, -0.2) is 0 Å². The van der Waals surface area contributed by atoms with Crippen molar-refractivity contribution in [3.05, 3.63) is 35.9 Å². The number of thioether (sulfide) groups is 1. The molecule has 3 rings (SSSR count). The van der Waals surface area contributed by atoms with Gasteiger partial charge in [0, 0.05) is 31.0 Å². The molecule has 24 heavy (non-hydrogen) atoms. The number of methoxy groups -OCH3 is 2. The van der Waals surface area contributed by atoms with Crippen LogP contribution in [0.1, 0.15) is 5.56 Å². The van der Waals surface area contributed by atoms with E-state index in [4.69, 9.17) is 9.47 Å². The minimum atomic E-state index is -0.187. The van der Waals surface area contributed by atoms with Gasteiger partial charge in [-0.1, -0.05) is 12.1 Å². The van der Waals surface area contributed by atoms with Crippen LogP contribution in [0.25, 0.3) is 10.8 Å². The van der Waals surface area contributed by atoms with Crippen molar-refractivity contribution in [2.75, 3.05) is 33.1 Å². The molecule has 1 N–H and O–H groups in total. The Morgan fingerprint density at radius 3 is 2.88 bits per heavy atom. The Labute approximate surface area is 145 Å². The van der Waals surface area contributed by atoms with Gasteiger partial charge >= 0.3 is 5.97 Å². The van der Waals surface area contributed by atoms with E-state index < -0.39 is 0 Å². The molecule has 2 aromatic rings. The number of aromatic hydroxyl groups is 1. The number of hydrogen-bond acceptors (Lipinski definition) is 6. The number of fused-ring (bicyclic) bond motifs is 1. The zero-order valence-corrected chi connectivity index (χ0v) is 14.6.